The highest BCUT2D eigenvalue weighted by molar-refractivity contribution is 14.0. The van der Waals surface area contributed by atoms with Crippen LogP contribution in [0.4, 0.5) is 5.69 Å². The number of rotatable bonds is 7. The number of pyridine rings is 1. The zero-order chi connectivity index (χ0) is 19.6. The summed E-state index contributed by atoms with van der Waals surface area (Å²) in [6, 6.07) is 12.7. The number of halogens is 1. The Morgan fingerprint density at radius 1 is 1.17 bits per heavy atom. The highest BCUT2D eigenvalue weighted by atomic mass is 127. The van der Waals surface area contributed by atoms with E-state index in [-0.39, 0.29) is 24.0 Å². The SMILES string of the molecule is CN=C(NCCOc1cccnc1)N(C)Cc1ccc(N2CCCCC2)cc1.I. The minimum absolute atomic E-state index is 0. The first-order valence-corrected chi connectivity index (χ1v) is 10.0. The van der Waals surface area contributed by atoms with Crippen molar-refractivity contribution in [2.24, 2.45) is 4.99 Å². The maximum atomic E-state index is 5.67. The lowest BCUT2D eigenvalue weighted by molar-refractivity contribution is 0.318. The molecule has 2 heterocycles. The summed E-state index contributed by atoms with van der Waals surface area (Å²) >= 11 is 0. The summed E-state index contributed by atoms with van der Waals surface area (Å²) in [6.07, 6.45) is 7.42. The van der Waals surface area contributed by atoms with E-state index in [0.29, 0.717) is 13.2 Å². The molecule has 0 aliphatic carbocycles. The average molecular weight is 509 g/mol. The minimum atomic E-state index is 0. The summed E-state index contributed by atoms with van der Waals surface area (Å²) < 4.78 is 5.67. The molecular formula is C22H32IN5O. The number of nitrogens with one attached hydrogen (secondary N) is 1. The molecule has 0 atom stereocenters. The van der Waals surface area contributed by atoms with Gasteiger partial charge in [0.25, 0.3) is 0 Å². The second kappa shape index (κ2) is 12.5. The molecule has 2 aromatic rings. The molecule has 0 spiro atoms. The van der Waals surface area contributed by atoms with Crippen LogP contribution < -0.4 is 15.0 Å². The van der Waals surface area contributed by atoms with Crippen molar-refractivity contribution >= 4 is 35.6 Å². The molecule has 6 nitrogen and oxygen atoms in total. The number of guanidine groups is 1. The summed E-state index contributed by atoms with van der Waals surface area (Å²) in [7, 11) is 3.86. The first-order chi connectivity index (χ1) is 13.8. The maximum Gasteiger partial charge on any atom is 0.193 e. The number of aromatic nitrogens is 1. The van der Waals surface area contributed by atoms with Crippen molar-refractivity contribution < 1.29 is 4.74 Å². The van der Waals surface area contributed by atoms with Gasteiger partial charge in [0.1, 0.15) is 12.4 Å². The van der Waals surface area contributed by atoms with Gasteiger partial charge in [-0.25, -0.2) is 0 Å². The highest BCUT2D eigenvalue weighted by Crippen LogP contribution is 2.20. The molecule has 1 aliphatic heterocycles. The maximum absolute atomic E-state index is 5.67. The topological polar surface area (TPSA) is 53.0 Å². The molecule has 29 heavy (non-hydrogen) atoms. The summed E-state index contributed by atoms with van der Waals surface area (Å²) in [5.41, 5.74) is 2.61. The molecule has 1 saturated heterocycles. The third-order valence-electron chi connectivity index (χ3n) is 4.94. The number of ether oxygens (including phenoxy) is 1. The van der Waals surface area contributed by atoms with Gasteiger partial charge < -0.3 is 19.9 Å². The Kier molecular flexibility index (Phi) is 10.0. The van der Waals surface area contributed by atoms with Gasteiger partial charge in [-0.05, 0) is 49.1 Å². The minimum Gasteiger partial charge on any atom is -0.490 e. The van der Waals surface area contributed by atoms with Crippen LogP contribution in [0.3, 0.4) is 0 Å². The van der Waals surface area contributed by atoms with Gasteiger partial charge in [-0.15, -0.1) is 24.0 Å². The Balaban J connectivity index is 0.00000300. The molecule has 0 amide bonds. The molecule has 1 aromatic carbocycles. The van der Waals surface area contributed by atoms with E-state index in [2.05, 4.69) is 56.4 Å². The summed E-state index contributed by atoms with van der Waals surface area (Å²) in [5, 5.41) is 3.35. The van der Waals surface area contributed by atoms with Crippen LogP contribution in [-0.4, -0.2) is 56.2 Å². The molecule has 1 aliphatic rings. The largest absolute Gasteiger partial charge is 0.490 e. The van der Waals surface area contributed by atoms with E-state index < -0.39 is 0 Å². The zero-order valence-electron chi connectivity index (χ0n) is 17.4. The number of hydrogen-bond acceptors (Lipinski definition) is 4. The molecule has 0 bridgehead atoms. The molecule has 3 rings (SSSR count). The standard InChI is InChI=1S/C22H31N5O.HI/c1-23-22(25-13-16-28-21-7-6-12-24-17-21)26(2)18-19-8-10-20(11-9-19)27-14-4-3-5-15-27;/h6-12,17H,3-5,13-16,18H2,1-2H3,(H,23,25);1H. The Morgan fingerprint density at radius 2 is 1.93 bits per heavy atom. The van der Waals surface area contributed by atoms with Gasteiger partial charge in [-0.1, -0.05) is 12.1 Å². The predicted molar refractivity (Wildman–Crippen MR) is 130 cm³/mol. The van der Waals surface area contributed by atoms with Crippen LogP contribution >= 0.6 is 24.0 Å². The lowest BCUT2D eigenvalue weighted by Gasteiger charge is -2.29. The predicted octanol–water partition coefficient (Wildman–Crippen LogP) is 3.78. The van der Waals surface area contributed by atoms with Crippen molar-refractivity contribution in [3.05, 3.63) is 54.4 Å². The van der Waals surface area contributed by atoms with E-state index in [1.54, 1.807) is 19.4 Å². The van der Waals surface area contributed by atoms with Gasteiger partial charge >= 0.3 is 0 Å². The Labute approximate surface area is 191 Å². The van der Waals surface area contributed by atoms with Crippen molar-refractivity contribution in [2.45, 2.75) is 25.8 Å². The van der Waals surface area contributed by atoms with Gasteiger partial charge in [-0.3, -0.25) is 9.98 Å². The molecule has 1 aromatic heterocycles. The first kappa shape index (κ1) is 23.3. The van der Waals surface area contributed by atoms with Gasteiger partial charge in [0.2, 0.25) is 0 Å². The summed E-state index contributed by atoms with van der Waals surface area (Å²) in [5.74, 6) is 1.64. The van der Waals surface area contributed by atoms with E-state index in [4.69, 9.17) is 4.74 Å². The number of aliphatic imine (C=N–C) groups is 1. The monoisotopic (exact) mass is 509 g/mol. The first-order valence-electron chi connectivity index (χ1n) is 10.0. The van der Waals surface area contributed by atoms with E-state index in [9.17, 15) is 0 Å². The molecule has 7 heteroatoms. The lowest BCUT2D eigenvalue weighted by atomic mass is 10.1. The molecule has 1 N–H and O–H groups in total. The fraction of sp³-hybridized carbons (Fsp3) is 0.455. The third kappa shape index (κ3) is 7.38. The van der Waals surface area contributed by atoms with E-state index >= 15 is 0 Å². The van der Waals surface area contributed by atoms with Crippen LogP contribution in [0.1, 0.15) is 24.8 Å². The van der Waals surface area contributed by atoms with E-state index in [0.717, 1.165) is 18.3 Å². The smallest absolute Gasteiger partial charge is 0.193 e. The van der Waals surface area contributed by atoms with Crippen LogP contribution in [0.15, 0.2) is 53.8 Å². The van der Waals surface area contributed by atoms with Gasteiger partial charge in [-0.2, -0.15) is 0 Å². The Hall–Kier alpha value is -2.03. The lowest BCUT2D eigenvalue weighted by Crippen LogP contribution is -2.40. The van der Waals surface area contributed by atoms with E-state index in [1.807, 2.05) is 12.1 Å². The van der Waals surface area contributed by atoms with Crippen molar-refractivity contribution in [2.75, 3.05) is 45.2 Å². The fourth-order valence-electron chi connectivity index (χ4n) is 3.46. The van der Waals surface area contributed by atoms with Crippen LogP contribution in [0.2, 0.25) is 0 Å². The number of benzene rings is 1. The zero-order valence-corrected chi connectivity index (χ0v) is 19.7. The quantitative estimate of drug-likeness (QED) is 0.267. The number of piperidine rings is 1. The van der Waals surface area contributed by atoms with Crippen LogP contribution in [-0.2, 0) is 6.54 Å². The van der Waals surface area contributed by atoms with Gasteiger partial charge in [0.15, 0.2) is 5.96 Å². The number of anilines is 1. The molecule has 1 fully saturated rings. The van der Waals surface area contributed by atoms with Crippen LogP contribution in [0.5, 0.6) is 5.75 Å². The second-order valence-electron chi connectivity index (χ2n) is 7.08. The van der Waals surface area contributed by atoms with Crippen molar-refractivity contribution in [3.63, 3.8) is 0 Å². The highest BCUT2D eigenvalue weighted by Gasteiger charge is 2.11. The average Bonchev–Trinajstić information content (AvgIpc) is 2.75. The molecule has 158 valence electrons. The summed E-state index contributed by atoms with van der Waals surface area (Å²) in [6.45, 7) is 4.40. The van der Waals surface area contributed by atoms with Crippen molar-refractivity contribution in [3.8, 4) is 5.75 Å². The summed E-state index contributed by atoms with van der Waals surface area (Å²) in [4.78, 5) is 13.0. The van der Waals surface area contributed by atoms with Crippen molar-refractivity contribution in [1.82, 2.24) is 15.2 Å². The molecule has 0 unspecified atom stereocenters. The normalized spacial score (nSPS) is 14.1. The van der Waals surface area contributed by atoms with Gasteiger partial charge in [0.05, 0.1) is 12.7 Å². The Morgan fingerprint density at radius 3 is 2.59 bits per heavy atom. The number of nitrogens with zero attached hydrogens (tertiary/aromatic N) is 4. The second-order valence-corrected chi connectivity index (χ2v) is 7.08. The molecule has 0 radical (unpaired) electrons. The van der Waals surface area contributed by atoms with Gasteiger partial charge in [0, 0.05) is 45.6 Å². The fourth-order valence-corrected chi connectivity index (χ4v) is 3.46. The number of hydrogen-bond donors (Lipinski definition) is 1. The third-order valence-corrected chi connectivity index (χ3v) is 4.94. The van der Waals surface area contributed by atoms with Crippen molar-refractivity contribution in [1.29, 1.82) is 0 Å². The molecular weight excluding hydrogens is 477 g/mol. The van der Waals surface area contributed by atoms with Crippen LogP contribution in [0, 0.1) is 0 Å². The van der Waals surface area contributed by atoms with E-state index in [1.165, 1.54) is 43.6 Å². The Bertz CT molecular complexity index is 733. The van der Waals surface area contributed by atoms with Crippen LogP contribution in [0.25, 0.3) is 0 Å². The molecule has 0 saturated carbocycles.